The van der Waals surface area contributed by atoms with Gasteiger partial charge in [-0.1, -0.05) is 6.08 Å². The van der Waals surface area contributed by atoms with Crippen LogP contribution in [0.15, 0.2) is 29.2 Å². The molecule has 0 aromatic carbocycles. The van der Waals surface area contributed by atoms with Crippen molar-refractivity contribution in [3.8, 4) is 0 Å². The quantitative estimate of drug-likeness (QED) is 0.515. The summed E-state index contributed by atoms with van der Waals surface area (Å²) >= 11 is 1.77. The van der Waals surface area contributed by atoms with Crippen molar-refractivity contribution in [3.63, 3.8) is 0 Å². The Morgan fingerprint density at radius 3 is 3.00 bits per heavy atom. The standard InChI is InChI=1S/C13H21NO2S/c1-3-4-8-15-9-7-14-10-12-5-6-13(16-12)11-17-2/h3,5-6,14H,1,4,7-11H2,2H3. The van der Waals surface area contributed by atoms with Crippen LogP contribution in [0, 0.1) is 0 Å². The Labute approximate surface area is 108 Å². The molecule has 1 aromatic rings. The van der Waals surface area contributed by atoms with E-state index in [1.165, 1.54) is 0 Å². The molecule has 0 saturated heterocycles. The Hall–Kier alpha value is -0.710. The Balaban J connectivity index is 2.03. The number of rotatable bonds is 10. The molecule has 0 spiro atoms. The Morgan fingerprint density at radius 2 is 2.24 bits per heavy atom. The summed E-state index contributed by atoms with van der Waals surface area (Å²) in [4.78, 5) is 0. The summed E-state index contributed by atoms with van der Waals surface area (Å²) in [5, 5.41) is 3.28. The SMILES string of the molecule is C=CCCOCCNCc1ccc(CSC)o1. The summed E-state index contributed by atoms with van der Waals surface area (Å²) in [7, 11) is 0. The highest BCUT2D eigenvalue weighted by Crippen LogP contribution is 2.12. The van der Waals surface area contributed by atoms with Gasteiger partial charge < -0.3 is 14.5 Å². The van der Waals surface area contributed by atoms with Crippen LogP contribution in [0.1, 0.15) is 17.9 Å². The van der Waals surface area contributed by atoms with E-state index in [4.69, 9.17) is 9.15 Å². The van der Waals surface area contributed by atoms with E-state index >= 15 is 0 Å². The number of ether oxygens (including phenoxy) is 1. The lowest BCUT2D eigenvalue weighted by Crippen LogP contribution is -2.19. The second-order valence-electron chi connectivity index (χ2n) is 3.67. The highest BCUT2D eigenvalue weighted by Gasteiger charge is 2.00. The fourth-order valence-corrected chi connectivity index (χ4v) is 1.80. The third kappa shape index (κ3) is 6.56. The molecule has 1 heterocycles. The van der Waals surface area contributed by atoms with E-state index in [1.807, 2.05) is 18.2 Å². The van der Waals surface area contributed by atoms with Crippen molar-refractivity contribution in [3.05, 3.63) is 36.3 Å². The third-order valence-electron chi connectivity index (χ3n) is 2.19. The van der Waals surface area contributed by atoms with Gasteiger partial charge in [0.2, 0.25) is 0 Å². The zero-order valence-corrected chi connectivity index (χ0v) is 11.2. The highest BCUT2D eigenvalue weighted by atomic mass is 32.2. The molecule has 1 N–H and O–H groups in total. The lowest BCUT2D eigenvalue weighted by atomic mass is 10.4. The summed E-state index contributed by atoms with van der Waals surface area (Å²) in [6.07, 6.45) is 4.85. The van der Waals surface area contributed by atoms with Gasteiger partial charge in [0.1, 0.15) is 11.5 Å². The normalized spacial score (nSPS) is 10.6. The molecule has 0 bridgehead atoms. The average Bonchev–Trinajstić information content (AvgIpc) is 2.76. The van der Waals surface area contributed by atoms with Crippen molar-refractivity contribution >= 4 is 11.8 Å². The molecule has 0 aliphatic carbocycles. The third-order valence-corrected chi connectivity index (χ3v) is 2.77. The first-order chi connectivity index (χ1) is 8.36. The lowest BCUT2D eigenvalue weighted by molar-refractivity contribution is 0.140. The second-order valence-corrected chi connectivity index (χ2v) is 4.53. The van der Waals surface area contributed by atoms with Crippen LogP contribution in [0.4, 0.5) is 0 Å². The molecule has 17 heavy (non-hydrogen) atoms. The van der Waals surface area contributed by atoms with Gasteiger partial charge in [-0.15, -0.1) is 6.58 Å². The minimum absolute atomic E-state index is 0.728. The molecule has 0 atom stereocenters. The smallest absolute Gasteiger partial charge is 0.118 e. The first-order valence-corrected chi connectivity index (χ1v) is 7.22. The van der Waals surface area contributed by atoms with E-state index in [0.29, 0.717) is 0 Å². The van der Waals surface area contributed by atoms with Crippen LogP contribution in [0.25, 0.3) is 0 Å². The summed E-state index contributed by atoms with van der Waals surface area (Å²) < 4.78 is 11.0. The van der Waals surface area contributed by atoms with Gasteiger partial charge in [-0.2, -0.15) is 11.8 Å². The number of hydrogen-bond donors (Lipinski definition) is 1. The van der Waals surface area contributed by atoms with Gasteiger partial charge in [0.05, 0.1) is 25.5 Å². The fourth-order valence-electron chi connectivity index (χ4n) is 1.36. The Kier molecular flexibility index (Phi) is 7.88. The predicted octanol–water partition coefficient (Wildman–Crippen LogP) is 2.82. The van der Waals surface area contributed by atoms with Gasteiger partial charge in [-0.3, -0.25) is 0 Å². The highest BCUT2D eigenvalue weighted by molar-refractivity contribution is 7.97. The monoisotopic (exact) mass is 255 g/mol. The summed E-state index contributed by atoms with van der Waals surface area (Å²) in [5.74, 6) is 2.96. The van der Waals surface area contributed by atoms with Gasteiger partial charge in [-0.05, 0) is 24.8 Å². The van der Waals surface area contributed by atoms with Gasteiger partial charge in [0.25, 0.3) is 0 Å². The molecule has 96 valence electrons. The van der Waals surface area contributed by atoms with Crippen LogP contribution in [0.3, 0.4) is 0 Å². The number of furan rings is 1. The van der Waals surface area contributed by atoms with E-state index in [2.05, 4.69) is 18.2 Å². The Morgan fingerprint density at radius 1 is 1.41 bits per heavy atom. The van der Waals surface area contributed by atoms with Gasteiger partial charge in [0, 0.05) is 6.54 Å². The van der Waals surface area contributed by atoms with Gasteiger partial charge >= 0.3 is 0 Å². The van der Waals surface area contributed by atoms with Crippen molar-refractivity contribution in [2.75, 3.05) is 26.0 Å². The van der Waals surface area contributed by atoms with E-state index < -0.39 is 0 Å². The van der Waals surface area contributed by atoms with Crippen LogP contribution in [-0.4, -0.2) is 26.0 Å². The molecule has 0 radical (unpaired) electrons. The van der Waals surface area contributed by atoms with Crippen LogP contribution in [0.5, 0.6) is 0 Å². The molecule has 1 aromatic heterocycles. The van der Waals surface area contributed by atoms with Gasteiger partial charge in [0.15, 0.2) is 0 Å². The number of hydrogen-bond acceptors (Lipinski definition) is 4. The number of nitrogens with one attached hydrogen (secondary N) is 1. The molecule has 0 unspecified atom stereocenters. The minimum atomic E-state index is 0.728. The van der Waals surface area contributed by atoms with E-state index in [9.17, 15) is 0 Å². The van der Waals surface area contributed by atoms with E-state index in [1.54, 1.807) is 11.8 Å². The molecule has 3 nitrogen and oxygen atoms in total. The molecule has 0 aliphatic heterocycles. The topological polar surface area (TPSA) is 34.4 Å². The fraction of sp³-hybridized carbons (Fsp3) is 0.538. The summed E-state index contributed by atoms with van der Waals surface area (Å²) in [6, 6.07) is 4.06. The van der Waals surface area contributed by atoms with Gasteiger partial charge in [-0.25, -0.2) is 0 Å². The molecular formula is C13H21NO2S. The van der Waals surface area contributed by atoms with Crippen molar-refractivity contribution in [2.45, 2.75) is 18.7 Å². The maximum Gasteiger partial charge on any atom is 0.118 e. The van der Waals surface area contributed by atoms with Crippen LogP contribution >= 0.6 is 11.8 Å². The molecule has 0 fully saturated rings. The second kappa shape index (κ2) is 9.33. The van der Waals surface area contributed by atoms with E-state index in [0.717, 1.165) is 50.0 Å². The van der Waals surface area contributed by atoms with Crippen molar-refractivity contribution in [2.24, 2.45) is 0 Å². The molecule has 0 saturated carbocycles. The van der Waals surface area contributed by atoms with E-state index in [-0.39, 0.29) is 0 Å². The van der Waals surface area contributed by atoms with Crippen LogP contribution in [0.2, 0.25) is 0 Å². The minimum Gasteiger partial charge on any atom is -0.464 e. The lowest BCUT2D eigenvalue weighted by Gasteiger charge is -2.03. The van der Waals surface area contributed by atoms with Crippen molar-refractivity contribution in [1.82, 2.24) is 5.32 Å². The summed E-state index contributed by atoms with van der Waals surface area (Å²) in [5.41, 5.74) is 0. The number of thioether (sulfide) groups is 1. The largest absolute Gasteiger partial charge is 0.464 e. The van der Waals surface area contributed by atoms with Crippen molar-refractivity contribution < 1.29 is 9.15 Å². The van der Waals surface area contributed by atoms with Crippen LogP contribution < -0.4 is 5.32 Å². The average molecular weight is 255 g/mol. The Bertz CT molecular complexity index is 312. The zero-order chi connectivity index (χ0) is 12.3. The first kappa shape index (κ1) is 14.4. The summed E-state index contributed by atoms with van der Waals surface area (Å²) in [6.45, 7) is 6.73. The van der Waals surface area contributed by atoms with Crippen molar-refractivity contribution in [1.29, 1.82) is 0 Å². The molecule has 4 heteroatoms. The molecule has 1 rings (SSSR count). The zero-order valence-electron chi connectivity index (χ0n) is 10.4. The van der Waals surface area contributed by atoms with Crippen LogP contribution in [-0.2, 0) is 17.0 Å². The molecular weight excluding hydrogens is 234 g/mol. The first-order valence-electron chi connectivity index (χ1n) is 5.82. The maximum absolute atomic E-state index is 5.63. The molecule has 0 aliphatic rings. The maximum atomic E-state index is 5.63. The predicted molar refractivity (Wildman–Crippen MR) is 73.3 cm³/mol. The molecule has 0 amide bonds.